The van der Waals surface area contributed by atoms with Gasteiger partial charge >= 0.3 is 6.03 Å². The van der Waals surface area contributed by atoms with E-state index in [0.717, 1.165) is 6.42 Å². The molecule has 0 saturated heterocycles. The Labute approximate surface area is 139 Å². The maximum atomic E-state index is 11.8. The molecule has 1 rings (SSSR count). The number of carbonyl (C=O) groups is 1. The molecule has 0 fully saturated rings. The first-order valence-corrected chi connectivity index (χ1v) is 9.88. The summed E-state index contributed by atoms with van der Waals surface area (Å²) < 4.78 is 22.4. The summed E-state index contributed by atoms with van der Waals surface area (Å²) in [6.07, 6.45) is 2.54. The van der Waals surface area contributed by atoms with E-state index in [9.17, 15) is 13.2 Å². The molecule has 0 aliphatic rings. The molecule has 2 N–H and O–H groups in total. The second-order valence-electron chi connectivity index (χ2n) is 6.89. The number of hydrogen-bond acceptors (Lipinski definition) is 3. The first-order valence-electron chi connectivity index (χ1n) is 7.82. The quantitative estimate of drug-likeness (QED) is 0.762. The van der Waals surface area contributed by atoms with Gasteiger partial charge in [0.25, 0.3) is 0 Å². The van der Waals surface area contributed by atoms with Crippen LogP contribution >= 0.6 is 0 Å². The summed E-state index contributed by atoms with van der Waals surface area (Å²) >= 11 is 0. The Balaban J connectivity index is 2.26. The highest BCUT2D eigenvalue weighted by Gasteiger charge is 2.20. The molecule has 130 valence electrons. The van der Waals surface area contributed by atoms with E-state index in [1.54, 1.807) is 0 Å². The van der Waals surface area contributed by atoms with Gasteiger partial charge in [-0.05, 0) is 30.7 Å². The molecule has 0 saturated carbocycles. The molecular formula is C17H28N2O3S. The van der Waals surface area contributed by atoms with E-state index in [2.05, 4.69) is 34.9 Å². The molecule has 0 aromatic heterocycles. The van der Waals surface area contributed by atoms with Gasteiger partial charge in [0.15, 0.2) is 0 Å². The van der Waals surface area contributed by atoms with Gasteiger partial charge in [-0.1, -0.05) is 43.7 Å². The van der Waals surface area contributed by atoms with Crippen LogP contribution in [0.1, 0.15) is 31.4 Å². The number of carbonyl (C=O) groups excluding carboxylic acids is 1. The highest BCUT2D eigenvalue weighted by molar-refractivity contribution is 7.90. The number of hydrogen-bond donors (Lipinski definition) is 2. The molecular weight excluding hydrogens is 312 g/mol. The SMILES string of the molecule is Cc1ccc(CCNC(=O)NCC(C)(C)CCS(C)(=O)=O)cc1. The summed E-state index contributed by atoms with van der Waals surface area (Å²) in [5.41, 5.74) is 2.15. The van der Waals surface area contributed by atoms with Gasteiger partial charge in [-0.2, -0.15) is 0 Å². The first-order chi connectivity index (χ1) is 10.6. The number of sulfone groups is 1. The zero-order valence-electron chi connectivity index (χ0n) is 14.5. The molecule has 0 heterocycles. The standard InChI is InChI=1S/C17H28N2O3S/c1-14-5-7-15(8-6-14)9-11-18-16(20)19-13-17(2,3)10-12-23(4,21)22/h5-8H,9-13H2,1-4H3,(H2,18,19,20). The Morgan fingerprint density at radius 3 is 2.30 bits per heavy atom. The van der Waals surface area contributed by atoms with E-state index in [1.165, 1.54) is 17.4 Å². The Kier molecular flexibility index (Phi) is 7.06. The average molecular weight is 340 g/mol. The molecule has 23 heavy (non-hydrogen) atoms. The molecule has 0 aliphatic heterocycles. The molecule has 0 aliphatic carbocycles. The van der Waals surface area contributed by atoms with Crippen LogP contribution in [0.3, 0.4) is 0 Å². The lowest BCUT2D eigenvalue weighted by Gasteiger charge is -2.24. The van der Waals surface area contributed by atoms with E-state index in [-0.39, 0.29) is 17.2 Å². The molecule has 2 amide bonds. The Hall–Kier alpha value is -1.56. The minimum atomic E-state index is -2.97. The second-order valence-corrected chi connectivity index (χ2v) is 9.15. The van der Waals surface area contributed by atoms with Crippen molar-refractivity contribution in [1.29, 1.82) is 0 Å². The van der Waals surface area contributed by atoms with Gasteiger partial charge in [0.2, 0.25) is 0 Å². The minimum Gasteiger partial charge on any atom is -0.338 e. The van der Waals surface area contributed by atoms with Crippen LogP contribution in [0, 0.1) is 12.3 Å². The third kappa shape index (κ3) is 9.23. The topological polar surface area (TPSA) is 75.3 Å². The zero-order valence-corrected chi connectivity index (χ0v) is 15.3. The van der Waals surface area contributed by atoms with Crippen LogP contribution in [-0.4, -0.2) is 39.5 Å². The van der Waals surface area contributed by atoms with Gasteiger partial charge < -0.3 is 10.6 Å². The van der Waals surface area contributed by atoms with Crippen LogP contribution in [-0.2, 0) is 16.3 Å². The van der Waals surface area contributed by atoms with Crippen LogP contribution < -0.4 is 10.6 Å². The van der Waals surface area contributed by atoms with Crippen LogP contribution in [0.15, 0.2) is 24.3 Å². The molecule has 0 spiro atoms. The number of urea groups is 1. The highest BCUT2D eigenvalue weighted by atomic mass is 32.2. The highest BCUT2D eigenvalue weighted by Crippen LogP contribution is 2.19. The van der Waals surface area contributed by atoms with Gasteiger partial charge in [-0.25, -0.2) is 13.2 Å². The summed E-state index contributed by atoms with van der Waals surface area (Å²) in [6.45, 7) is 6.95. The normalized spacial score (nSPS) is 12.0. The molecule has 0 radical (unpaired) electrons. The van der Waals surface area contributed by atoms with E-state index in [4.69, 9.17) is 0 Å². The number of aryl methyl sites for hydroxylation is 1. The summed E-state index contributed by atoms with van der Waals surface area (Å²) in [4.78, 5) is 11.8. The molecule has 6 heteroatoms. The minimum absolute atomic E-state index is 0.136. The summed E-state index contributed by atoms with van der Waals surface area (Å²) in [5.74, 6) is 0.136. The van der Waals surface area contributed by atoms with E-state index < -0.39 is 9.84 Å². The average Bonchev–Trinajstić information content (AvgIpc) is 2.45. The molecule has 0 atom stereocenters. The fraction of sp³-hybridized carbons (Fsp3) is 0.588. The summed E-state index contributed by atoms with van der Waals surface area (Å²) in [7, 11) is -2.97. The first kappa shape index (κ1) is 19.5. The van der Waals surface area contributed by atoms with E-state index in [0.29, 0.717) is 19.5 Å². The third-order valence-electron chi connectivity index (χ3n) is 3.70. The lowest BCUT2D eigenvalue weighted by atomic mass is 9.90. The third-order valence-corrected chi connectivity index (χ3v) is 4.64. The Bertz CT molecular complexity index is 607. The van der Waals surface area contributed by atoms with Crippen molar-refractivity contribution in [2.75, 3.05) is 25.1 Å². The zero-order chi connectivity index (χ0) is 17.5. The fourth-order valence-corrected chi connectivity index (χ4v) is 2.93. The van der Waals surface area contributed by atoms with Crippen LogP contribution in [0.5, 0.6) is 0 Å². The van der Waals surface area contributed by atoms with Crippen molar-refractivity contribution in [1.82, 2.24) is 10.6 Å². The van der Waals surface area contributed by atoms with Crippen LogP contribution in [0.4, 0.5) is 4.79 Å². The van der Waals surface area contributed by atoms with E-state index in [1.807, 2.05) is 20.8 Å². The lowest BCUT2D eigenvalue weighted by molar-refractivity contribution is 0.233. The summed E-state index contributed by atoms with van der Waals surface area (Å²) in [5, 5.41) is 5.63. The maximum Gasteiger partial charge on any atom is 0.314 e. The number of amides is 2. The fourth-order valence-electron chi connectivity index (χ4n) is 2.01. The second kappa shape index (κ2) is 8.34. The molecule has 0 bridgehead atoms. The van der Waals surface area contributed by atoms with E-state index >= 15 is 0 Å². The monoisotopic (exact) mass is 340 g/mol. The largest absolute Gasteiger partial charge is 0.338 e. The van der Waals surface area contributed by atoms with Crippen molar-refractivity contribution in [3.63, 3.8) is 0 Å². The Morgan fingerprint density at radius 2 is 1.74 bits per heavy atom. The number of benzene rings is 1. The van der Waals surface area contributed by atoms with Gasteiger partial charge in [0.05, 0.1) is 5.75 Å². The van der Waals surface area contributed by atoms with Crippen molar-refractivity contribution in [2.24, 2.45) is 5.41 Å². The Morgan fingerprint density at radius 1 is 1.13 bits per heavy atom. The number of nitrogens with one attached hydrogen (secondary N) is 2. The van der Waals surface area contributed by atoms with Gasteiger partial charge in [-0.15, -0.1) is 0 Å². The van der Waals surface area contributed by atoms with Crippen molar-refractivity contribution in [2.45, 2.75) is 33.6 Å². The smallest absolute Gasteiger partial charge is 0.314 e. The summed E-state index contributed by atoms with van der Waals surface area (Å²) in [6, 6.07) is 8.01. The van der Waals surface area contributed by atoms with Gasteiger partial charge in [0, 0.05) is 19.3 Å². The van der Waals surface area contributed by atoms with Gasteiger partial charge in [0.1, 0.15) is 9.84 Å². The maximum absolute atomic E-state index is 11.8. The van der Waals surface area contributed by atoms with Crippen molar-refractivity contribution in [3.05, 3.63) is 35.4 Å². The molecule has 0 unspecified atom stereocenters. The predicted molar refractivity (Wildman–Crippen MR) is 94.4 cm³/mol. The van der Waals surface area contributed by atoms with Crippen LogP contribution in [0.25, 0.3) is 0 Å². The lowest BCUT2D eigenvalue weighted by Crippen LogP contribution is -2.41. The molecule has 1 aromatic carbocycles. The van der Waals surface area contributed by atoms with Crippen molar-refractivity contribution in [3.8, 4) is 0 Å². The molecule has 5 nitrogen and oxygen atoms in total. The van der Waals surface area contributed by atoms with Crippen molar-refractivity contribution < 1.29 is 13.2 Å². The number of rotatable bonds is 8. The van der Waals surface area contributed by atoms with Crippen LogP contribution in [0.2, 0.25) is 0 Å². The van der Waals surface area contributed by atoms with Crippen molar-refractivity contribution >= 4 is 15.9 Å². The molecule has 1 aromatic rings. The van der Waals surface area contributed by atoms with Gasteiger partial charge in [-0.3, -0.25) is 0 Å². The predicted octanol–water partition coefficient (Wildman–Crippen LogP) is 2.30.